The summed E-state index contributed by atoms with van der Waals surface area (Å²) in [7, 11) is 4.09. The number of ether oxygens (including phenoxy) is 2. The summed E-state index contributed by atoms with van der Waals surface area (Å²) >= 11 is 0. The van der Waals surface area contributed by atoms with Gasteiger partial charge in [-0.3, -0.25) is 14.4 Å². The summed E-state index contributed by atoms with van der Waals surface area (Å²) in [6.45, 7) is 7.67. The fourth-order valence-electron chi connectivity index (χ4n) is 6.70. The highest BCUT2D eigenvalue weighted by Crippen LogP contribution is 2.19. The van der Waals surface area contributed by atoms with Crippen molar-refractivity contribution in [3.05, 3.63) is 24.3 Å². The minimum atomic E-state index is -0.680. The molecule has 0 radical (unpaired) electrons. The third kappa shape index (κ3) is 44.4. The molecule has 7 heteroatoms. The average Bonchev–Trinajstić information content (AvgIpc) is 3.12. The van der Waals surface area contributed by atoms with Gasteiger partial charge < -0.3 is 19.5 Å². The molecule has 0 aromatic heterocycles. The molecule has 7 nitrogen and oxygen atoms in total. The molecule has 0 aromatic carbocycles. The van der Waals surface area contributed by atoms with Gasteiger partial charge in [-0.15, -0.1) is 0 Å². The first-order valence-electron chi connectivity index (χ1n) is 23.0. The number of rotatable bonds is 40. The molecule has 0 aliphatic rings. The first kappa shape index (κ1) is 52.9. The molecule has 1 N–H and O–H groups in total. The molecule has 0 heterocycles. The van der Waals surface area contributed by atoms with Crippen LogP contribution >= 0.6 is 0 Å². The predicted molar refractivity (Wildman–Crippen MR) is 233 cm³/mol. The van der Waals surface area contributed by atoms with Crippen LogP contribution < -0.4 is 0 Å². The quantitative estimate of drug-likeness (QED) is 0.0376. The van der Waals surface area contributed by atoms with Gasteiger partial charge in [-0.25, -0.2) is 0 Å². The van der Waals surface area contributed by atoms with Gasteiger partial charge in [-0.05, 0) is 122 Å². The highest BCUT2D eigenvalue weighted by molar-refractivity contribution is 5.69. The zero-order valence-corrected chi connectivity index (χ0v) is 36.9. The van der Waals surface area contributed by atoms with Gasteiger partial charge in [0.15, 0.2) is 0 Å². The van der Waals surface area contributed by atoms with E-state index in [0.29, 0.717) is 25.9 Å². The van der Waals surface area contributed by atoms with Crippen molar-refractivity contribution in [1.82, 2.24) is 4.90 Å². The normalized spacial score (nSPS) is 12.6. The van der Waals surface area contributed by atoms with Crippen LogP contribution in [0.3, 0.4) is 0 Å². The standard InChI is InChI=1S/C48H89NO6/c1-48(2,3)43-54-46(52)40-35-31-27-23-19-15-11-7-9-13-17-21-25-29-33-38-44(55-47(53)41-36-42-49(4)5)37-32-28-24-20-16-12-8-6-10-14-18-22-26-30-34-39-45(50)51/h6-7,10-11,44H,8-9,12-43H2,1-5H3,(H,50,51)/b10-6-,11-7-. The highest BCUT2D eigenvalue weighted by atomic mass is 16.5. The number of carbonyl (C=O) groups is 3. The number of aliphatic carboxylic acids is 1. The van der Waals surface area contributed by atoms with Crippen LogP contribution in [0.1, 0.15) is 226 Å². The smallest absolute Gasteiger partial charge is 0.306 e. The van der Waals surface area contributed by atoms with Gasteiger partial charge in [0.1, 0.15) is 6.10 Å². The lowest BCUT2D eigenvalue weighted by Gasteiger charge is -2.18. The second kappa shape index (κ2) is 38.7. The van der Waals surface area contributed by atoms with E-state index in [1.54, 1.807) is 0 Å². The van der Waals surface area contributed by atoms with E-state index < -0.39 is 5.97 Å². The van der Waals surface area contributed by atoms with Crippen molar-refractivity contribution in [2.24, 2.45) is 5.41 Å². The van der Waals surface area contributed by atoms with E-state index in [1.165, 1.54) is 109 Å². The molecule has 55 heavy (non-hydrogen) atoms. The summed E-state index contributed by atoms with van der Waals surface area (Å²) in [5.41, 5.74) is 0.0383. The van der Waals surface area contributed by atoms with Crippen molar-refractivity contribution in [2.75, 3.05) is 27.2 Å². The second-order valence-corrected chi connectivity index (χ2v) is 17.6. The van der Waals surface area contributed by atoms with Crippen molar-refractivity contribution < 1.29 is 29.0 Å². The van der Waals surface area contributed by atoms with E-state index in [1.807, 2.05) is 14.1 Å². The van der Waals surface area contributed by atoms with E-state index in [0.717, 1.165) is 83.6 Å². The number of hydrogen-bond acceptors (Lipinski definition) is 6. The van der Waals surface area contributed by atoms with Crippen molar-refractivity contribution in [2.45, 2.75) is 232 Å². The Morgan fingerprint density at radius 1 is 0.509 bits per heavy atom. The molecular formula is C48H89NO6. The summed E-state index contributed by atoms with van der Waals surface area (Å²) in [5.74, 6) is -0.752. The molecule has 0 saturated carbocycles. The van der Waals surface area contributed by atoms with Crippen molar-refractivity contribution in [1.29, 1.82) is 0 Å². The molecule has 1 unspecified atom stereocenters. The number of carboxylic acid groups (broad SMARTS) is 1. The second-order valence-electron chi connectivity index (χ2n) is 17.6. The number of carboxylic acids is 1. The Morgan fingerprint density at radius 3 is 1.27 bits per heavy atom. The van der Waals surface area contributed by atoms with E-state index in [4.69, 9.17) is 14.6 Å². The maximum absolute atomic E-state index is 12.6. The van der Waals surface area contributed by atoms with E-state index in [-0.39, 0.29) is 23.5 Å². The minimum absolute atomic E-state index is 0.0191. The molecule has 0 aliphatic heterocycles. The summed E-state index contributed by atoms with van der Waals surface area (Å²) < 4.78 is 11.3. The number of unbranched alkanes of at least 4 members (excludes halogenated alkanes) is 22. The fraction of sp³-hybridized carbons (Fsp3) is 0.854. The Morgan fingerprint density at radius 2 is 0.873 bits per heavy atom. The van der Waals surface area contributed by atoms with Crippen LogP contribution in [0, 0.1) is 5.41 Å². The van der Waals surface area contributed by atoms with Crippen LogP contribution in [0.4, 0.5) is 0 Å². The van der Waals surface area contributed by atoms with Gasteiger partial charge in [0.05, 0.1) is 6.61 Å². The van der Waals surface area contributed by atoms with Gasteiger partial charge in [0, 0.05) is 19.3 Å². The number of hydrogen-bond donors (Lipinski definition) is 1. The summed E-state index contributed by atoms with van der Waals surface area (Å²) in [6, 6.07) is 0. The van der Waals surface area contributed by atoms with Crippen LogP contribution in [0.2, 0.25) is 0 Å². The Kier molecular flexibility index (Phi) is 37.2. The third-order valence-electron chi connectivity index (χ3n) is 10.1. The Balaban J connectivity index is 3.93. The van der Waals surface area contributed by atoms with Gasteiger partial charge >= 0.3 is 17.9 Å². The number of carbonyl (C=O) groups excluding carboxylic acids is 2. The Hall–Kier alpha value is -2.15. The predicted octanol–water partition coefficient (Wildman–Crippen LogP) is 13.7. The molecule has 0 spiro atoms. The number of nitrogens with zero attached hydrogens (tertiary/aromatic N) is 1. The van der Waals surface area contributed by atoms with E-state index >= 15 is 0 Å². The van der Waals surface area contributed by atoms with Crippen LogP contribution in [0.5, 0.6) is 0 Å². The topological polar surface area (TPSA) is 93.1 Å². The summed E-state index contributed by atoms with van der Waals surface area (Å²) in [4.78, 5) is 37.1. The van der Waals surface area contributed by atoms with Crippen molar-refractivity contribution in [3.8, 4) is 0 Å². The SMILES string of the molecule is CN(C)CCCC(=O)OC(CCCCCCCC/C=C\CCCCCCCC(=O)O)CCCCCCCC/C=C\CCCCCCCC(=O)OCC(C)(C)C. The molecule has 0 amide bonds. The maximum atomic E-state index is 12.6. The van der Waals surface area contributed by atoms with Crippen molar-refractivity contribution >= 4 is 17.9 Å². The monoisotopic (exact) mass is 776 g/mol. The van der Waals surface area contributed by atoms with Crippen molar-refractivity contribution in [3.63, 3.8) is 0 Å². The Bertz CT molecular complexity index is 953. The van der Waals surface area contributed by atoms with Crippen LogP contribution in [-0.2, 0) is 23.9 Å². The lowest BCUT2D eigenvalue weighted by molar-refractivity contribution is -0.150. The Labute approximate surface area is 340 Å². The molecule has 0 aromatic rings. The first-order valence-corrected chi connectivity index (χ1v) is 23.0. The largest absolute Gasteiger partial charge is 0.481 e. The fourth-order valence-corrected chi connectivity index (χ4v) is 6.70. The van der Waals surface area contributed by atoms with Crippen LogP contribution in [0.15, 0.2) is 24.3 Å². The highest BCUT2D eigenvalue weighted by Gasteiger charge is 2.15. The first-order chi connectivity index (χ1) is 26.5. The molecule has 1 atom stereocenters. The summed E-state index contributed by atoms with van der Waals surface area (Å²) in [5, 5.41) is 8.69. The van der Waals surface area contributed by atoms with Gasteiger partial charge in [0.2, 0.25) is 0 Å². The van der Waals surface area contributed by atoms with E-state index in [2.05, 4.69) is 50.0 Å². The minimum Gasteiger partial charge on any atom is -0.481 e. The van der Waals surface area contributed by atoms with E-state index in [9.17, 15) is 14.4 Å². The maximum Gasteiger partial charge on any atom is 0.306 e. The molecule has 0 rings (SSSR count). The molecule has 0 bridgehead atoms. The zero-order valence-electron chi connectivity index (χ0n) is 36.9. The van der Waals surface area contributed by atoms with Gasteiger partial charge in [0.25, 0.3) is 0 Å². The molecule has 0 aliphatic carbocycles. The molecule has 0 fully saturated rings. The van der Waals surface area contributed by atoms with Crippen LogP contribution in [0.25, 0.3) is 0 Å². The van der Waals surface area contributed by atoms with Gasteiger partial charge in [-0.1, -0.05) is 135 Å². The number of allylic oxidation sites excluding steroid dienone is 4. The molecule has 322 valence electrons. The van der Waals surface area contributed by atoms with Crippen LogP contribution in [-0.4, -0.2) is 61.3 Å². The number of esters is 2. The average molecular weight is 776 g/mol. The summed E-state index contributed by atoms with van der Waals surface area (Å²) in [6.07, 6.45) is 44.4. The lowest BCUT2D eigenvalue weighted by atomic mass is 9.99. The van der Waals surface area contributed by atoms with Gasteiger partial charge in [-0.2, -0.15) is 0 Å². The lowest BCUT2D eigenvalue weighted by Crippen LogP contribution is -2.20. The third-order valence-corrected chi connectivity index (χ3v) is 10.1. The zero-order chi connectivity index (χ0) is 40.7. The molecular weight excluding hydrogens is 687 g/mol. The molecule has 0 saturated heterocycles.